The molecule has 1 N–H and O–H groups in total. The molecule has 74 valence electrons. The van der Waals surface area contributed by atoms with Gasteiger partial charge in [0.05, 0.1) is 12.6 Å². The van der Waals surface area contributed by atoms with Gasteiger partial charge in [0.15, 0.2) is 0 Å². The standard InChI is InChI=1S/C9H16N2O2/c1-7(11-6-5-10)8(12)13-9(2,3)4/h7,11H,6H2,1-4H3/t7-/m0/s1. The molecule has 0 bridgehead atoms. The summed E-state index contributed by atoms with van der Waals surface area (Å²) >= 11 is 0. The number of ether oxygens (including phenoxy) is 1. The number of hydrogen-bond donors (Lipinski definition) is 1. The summed E-state index contributed by atoms with van der Waals surface area (Å²) in [5.74, 6) is -0.331. The fourth-order valence-corrected chi connectivity index (χ4v) is 0.672. The van der Waals surface area contributed by atoms with E-state index in [2.05, 4.69) is 5.32 Å². The van der Waals surface area contributed by atoms with Crippen LogP contribution in [0, 0.1) is 11.3 Å². The predicted octanol–water partition coefficient (Wildman–Crippen LogP) is 0.830. The first-order valence-corrected chi connectivity index (χ1v) is 4.20. The number of nitrogens with one attached hydrogen (secondary N) is 1. The van der Waals surface area contributed by atoms with Crippen LogP contribution in [0.5, 0.6) is 0 Å². The Morgan fingerprint density at radius 2 is 2.15 bits per heavy atom. The third-order valence-corrected chi connectivity index (χ3v) is 1.25. The van der Waals surface area contributed by atoms with Gasteiger partial charge in [-0.05, 0) is 27.7 Å². The van der Waals surface area contributed by atoms with E-state index in [0.29, 0.717) is 0 Å². The maximum absolute atomic E-state index is 11.3. The van der Waals surface area contributed by atoms with Crippen LogP contribution < -0.4 is 5.32 Å². The Balaban J connectivity index is 3.91. The molecule has 0 unspecified atom stereocenters. The molecule has 0 aromatic heterocycles. The van der Waals surface area contributed by atoms with Crippen LogP contribution in [0.2, 0.25) is 0 Å². The van der Waals surface area contributed by atoms with Crippen molar-refractivity contribution in [1.29, 1.82) is 5.26 Å². The van der Waals surface area contributed by atoms with Crippen molar-refractivity contribution >= 4 is 5.97 Å². The van der Waals surface area contributed by atoms with Crippen molar-refractivity contribution in [3.63, 3.8) is 0 Å². The second kappa shape index (κ2) is 4.83. The molecule has 0 heterocycles. The van der Waals surface area contributed by atoms with Gasteiger partial charge in [0.1, 0.15) is 11.6 Å². The number of hydrogen-bond acceptors (Lipinski definition) is 4. The van der Waals surface area contributed by atoms with Gasteiger partial charge in [-0.3, -0.25) is 10.1 Å². The summed E-state index contributed by atoms with van der Waals surface area (Å²) in [7, 11) is 0. The maximum atomic E-state index is 11.3. The number of nitriles is 1. The molecule has 0 fully saturated rings. The molecule has 13 heavy (non-hydrogen) atoms. The summed E-state index contributed by atoms with van der Waals surface area (Å²) in [6.45, 7) is 7.25. The third kappa shape index (κ3) is 6.12. The van der Waals surface area contributed by atoms with Crippen molar-refractivity contribution in [3.8, 4) is 6.07 Å². The zero-order valence-corrected chi connectivity index (χ0v) is 8.55. The molecule has 0 amide bonds. The smallest absolute Gasteiger partial charge is 0.323 e. The van der Waals surface area contributed by atoms with Crippen molar-refractivity contribution in [2.75, 3.05) is 6.54 Å². The minimum atomic E-state index is -0.473. The summed E-state index contributed by atoms with van der Waals surface area (Å²) in [5, 5.41) is 11.0. The molecule has 0 rings (SSSR count). The van der Waals surface area contributed by atoms with Gasteiger partial charge in [-0.15, -0.1) is 0 Å². The van der Waals surface area contributed by atoms with E-state index >= 15 is 0 Å². The van der Waals surface area contributed by atoms with Crippen LogP contribution >= 0.6 is 0 Å². The predicted molar refractivity (Wildman–Crippen MR) is 48.9 cm³/mol. The first kappa shape index (κ1) is 11.9. The van der Waals surface area contributed by atoms with E-state index in [9.17, 15) is 4.79 Å². The molecule has 0 aliphatic rings. The lowest BCUT2D eigenvalue weighted by Gasteiger charge is -2.22. The van der Waals surface area contributed by atoms with Crippen LogP contribution in [0.25, 0.3) is 0 Å². The van der Waals surface area contributed by atoms with E-state index < -0.39 is 11.6 Å². The number of carbonyl (C=O) groups excluding carboxylic acids is 1. The van der Waals surface area contributed by atoms with Gasteiger partial charge in [-0.1, -0.05) is 0 Å². The van der Waals surface area contributed by atoms with Gasteiger partial charge < -0.3 is 4.74 Å². The zero-order valence-electron chi connectivity index (χ0n) is 8.55. The quantitative estimate of drug-likeness (QED) is 0.521. The average molecular weight is 184 g/mol. The van der Waals surface area contributed by atoms with Crippen LogP contribution in [0.1, 0.15) is 27.7 Å². The molecule has 0 spiro atoms. The minimum absolute atomic E-state index is 0.153. The van der Waals surface area contributed by atoms with Crippen LogP contribution in [-0.2, 0) is 9.53 Å². The molecule has 0 aliphatic heterocycles. The number of carbonyl (C=O) groups is 1. The molecule has 0 saturated carbocycles. The summed E-state index contributed by atoms with van der Waals surface area (Å²) in [4.78, 5) is 11.3. The maximum Gasteiger partial charge on any atom is 0.323 e. The average Bonchev–Trinajstić information content (AvgIpc) is 1.96. The van der Waals surface area contributed by atoms with Crippen LogP contribution in [0.4, 0.5) is 0 Å². The molecular formula is C9H16N2O2. The van der Waals surface area contributed by atoms with Gasteiger partial charge in [0.25, 0.3) is 0 Å². The van der Waals surface area contributed by atoms with E-state index in [-0.39, 0.29) is 12.5 Å². The Hall–Kier alpha value is -1.08. The second-order valence-electron chi connectivity index (χ2n) is 3.79. The van der Waals surface area contributed by atoms with Gasteiger partial charge in [-0.25, -0.2) is 0 Å². The number of esters is 1. The fourth-order valence-electron chi connectivity index (χ4n) is 0.672. The Kier molecular flexibility index (Phi) is 4.43. The summed E-state index contributed by atoms with van der Waals surface area (Å²) in [6, 6.07) is 1.47. The van der Waals surface area contributed by atoms with E-state index in [4.69, 9.17) is 10.00 Å². The Morgan fingerprint density at radius 1 is 1.62 bits per heavy atom. The molecule has 0 radical (unpaired) electrons. The van der Waals surface area contributed by atoms with E-state index in [1.807, 2.05) is 26.8 Å². The first-order valence-electron chi connectivity index (χ1n) is 4.20. The molecule has 1 atom stereocenters. The van der Waals surface area contributed by atoms with Crippen molar-refractivity contribution in [3.05, 3.63) is 0 Å². The summed E-state index contributed by atoms with van der Waals surface area (Å²) in [6.07, 6.45) is 0. The highest BCUT2D eigenvalue weighted by molar-refractivity contribution is 5.75. The van der Waals surface area contributed by atoms with Crippen molar-refractivity contribution < 1.29 is 9.53 Å². The molecule has 4 nitrogen and oxygen atoms in total. The van der Waals surface area contributed by atoms with Crippen LogP contribution in [0.15, 0.2) is 0 Å². The minimum Gasteiger partial charge on any atom is -0.459 e. The second-order valence-corrected chi connectivity index (χ2v) is 3.79. The normalized spacial score (nSPS) is 13.2. The highest BCUT2D eigenvalue weighted by Crippen LogP contribution is 2.07. The van der Waals surface area contributed by atoms with Crippen molar-refractivity contribution in [2.45, 2.75) is 39.3 Å². The SMILES string of the molecule is C[C@H](NCC#N)C(=O)OC(C)(C)C. The molecule has 0 aromatic rings. The van der Waals surface area contributed by atoms with Gasteiger partial charge >= 0.3 is 5.97 Å². The highest BCUT2D eigenvalue weighted by atomic mass is 16.6. The van der Waals surface area contributed by atoms with E-state index in [1.54, 1.807) is 6.92 Å². The molecular weight excluding hydrogens is 168 g/mol. The van der Waals surface area contributed by atoms with Crippen LogP contribution in [0.3, 0.4) is 0 Å². The topological polar surface area (TPSA) is 62.1 Å². The first-order chi connectivity index (χ1) is 5.87. The summed E-state index contributed by atoms with van der Waals surface area (Å²) < 4.78 is 5.09. The molecule has 4 heteroatoms. The highest BCUT2D eigenvalue weighted by Gasteiger charge is 2.20. The molecule has 0 saturated heterocycles. The molecule has 0 aliphatic carbocycles. The van der Waals surface area contributed by atoms with E-state index in [1.165, 1.54) is 0 Å². The van der Waals surface area contributed by atoms with E-state index in [0.717, 1.165) is 0 Å². The lowest BCUT2D eigenvalue weighted by molar-refractivity contribution is -0.156. The van der Waals surface area contributed by atoms with Crippen molar-refractivity contribution in [2.24, 2.45) is 0 Å². The largest absolute Gasteiger partial charge is 0.459 e. The molecule has 0 aromatic carbocycles. The van der Waals surface area contributed by atoms with Gasteiger partial charge in [-0.2, -0.15) is 5.26 Å². The summed E-state index contributed by atoms with van der Waals surface area (Å²) in [5.41, 5.74) is -0.473. The van der Waals surface area contributed by atoms with Gasteiger partial charge in [0, 0.05) is 0 Å². The zero-order chi connectivity index (χ0) is 10.5. The number of nitrogens with zero attached hydrogens (tertiary/aromatic N) is 1. The Bertz CT molecular complexity index is 213. The third-order valence-electron chi connectivity index (χ3n) is 1.25. The lowest BCUT2D eigenvalue weighted by Crippen LogP contribution is -2.39. The Morgan fingerprint density at radius 3 is 2.54 bits per heavy atom. The van der Waals surface area contributed by atoms with Crippen LogP contribution in [-0.4, -0.2) is 24.2 Å². The number of rotatable bonds is 3. The van der Waals surface area contributed by atoms with Gasteiger partial charge in [0.2, 0.25) is 0 Å². The fraction of sp³-hybridized carbons (Fsp3) is 0.778. The monoisotopic (exact) mass is 184 g/mol. The lowest BCUT2D eigenvalue weighted by atomic mass is 10.2. The van der Waals surface area contributed by atoms with Crippen molar-refractivity contribution in [1.82, 2.24) is 5.32 Å². The Labute approximate surface area is 78.9 Å².